The number of amides is 1. The summed E-state index contributed by atoms with van der Waals surface area (Å²) >= 11 is 0. The van der Waals surface area contributed by atoms with Crippen molar-refractivity contribution in [1.82, 2.24) is 9.78 Å². The van der Waals surface area contributed by atoms with E-state index in [0.29, 0.717) is 17.2 Å². The number of rotatable bonds is 4. The van der Waals surface area contributed by atoms with Crippen LogP contribution in [0.4, 0.5) is 24.7 Å². The first-order chi connectivity index (χ1) is 13.9. The van der Waals surface area contributed by atoms with Gasteiger partial charge in [-0.2, -0.15) is 18.3 Å². The summed E-state index contributed by atoms with van der Waals surface area (Å²) in [5.41, 5.74) is 0.243. The number of halogens is 3. The lowest BCUT2D eigenvalue weighted by Gasteiger charge is -2.32. The summed E-state index contributed by atoms with van der Waals surface area (Å²) in [6.07, 6.45) is -3.44. The topological polar surface area (TPSA) is 81.3 Å². The predicted molar refractivity (Wildman–Crippen MR) is 98.0 cm³/mol. The minimum absolute atomic E-state index is 0.0881. The molecular formula is C19H17F3N4O3. The van der Waals surface area contributed by atoms with Gasteiger partial charge in [0, 0.05) is 12.5 Å². The Hall–Kier alpha value is -3.43. The van der Waals surface area contributed by atoms with Crippen molar-refractivity contribution in [2.24, 2.45) is 0 Å². The highest BCUT2D eigenvalue weighted by Crippen LogP contribution is 2.43. The second-order valence-electron chi connectivity index (χ2n) is 6.52. The van der Waals surface area contributed by atoms with Crippen LogP contribution in [0.3, 0.4) is 0 Å². The molecular weight excluding hydrogens is 389 g/mol. The summed E-state index contributed by atoms with van der Waals surface area (Å²) in [6, 6.07) is 8.64. The lowest BCUT2D eigenvalue weighted by atomic mass is 10.0. The summed E-state index contributed by atoms with van der Waals surface area (Å²) in [7, 11) is 1.45. The fraction of sp³-hybridized carbons (Fsp3) is 0.263. The van der Waals surface area contributed by atoms with Gasteiger partial charge in [-0.3, -0.25) is 4.79 Å². The highest BCUT2D eigenvalue weighted by Gasteiger charge is 2.47. The molecule has 29 heavy (non-hydrogen) atoms. The number of furan rings is 1. The van der Waals surface area contributed by atoms with Crippen LogP contribution in [0, 0.1) is 0 Å². The summed E-state index contributed by atoms with van der Waals surface area (Å²) in [4.78, 5) is 12.6. The van der Waals surface area contributed by atoms with E-state index < -0.39 is 24.2 Å². The Morgan fingerprint density at radius 3 is 2.79 bits per heavy atom. The Kier molecular flexibility index (Phi) is 4.69. The molecule has 0 fully saturated rings. The molecule has 3 heterocycles. The Labute approximate surface area is 163 Å². The normalized spacial score (nSPS) is 18.6. The number of anilines is 2. The number of nitrogens with one attached hydrogen (secondary N) is 2. The fourth-order valence-electron chi connectivity index (χ4n) is 3.29. The number of nitrogens with zero attached hydrogens (tertiary/aromatic N) is 2. The van der Waals surface area contributed by atoms with Crippen LogP contribution in [0.15, 0.2) is 53.1 Å². The minimum Gasteiger partial charge on any atom is -0.495 e. The molecule has 3 aromatic rings. The number of alkyl halides is 3. The highest BCUT2D eigenvalue weighted by atomic mass is 19.4. The molecule has 0 bridgehead atoms. The van der Waals surface area contributed by atoms with Gasteiger partial charge in [-0.15, -0.1) is 0 Å². The molecule has 1 amide bonds. The Balaban J connectivity index is 1.64. The molecule has 7 nitrogen and oxygen atoms in total. The Morgan fingerprint density at radius 1 is 1.31 bits per heavy atom. The summed E-state index contributed by atoms with van der Waals surface area (Å²) in [6.45, 7) is 0. The van der Waals surface area contributed by atoms with Gasteiger partial charge in [0.15, 0.2) is 11.7 Å². The summed E-state index contributed by atoms with van der Waals surface area (Å²) in [5.74, 6) is 0.250. The molecule has 2 N–H and O–H groups in total. The van der Waals surface area contributed by atoms with Crippen molar-refractivity contribution >= 4 is 17.4 Å². The van der Waals surface area contributed by atoms with Crippen LogP contribution in [-0.2, 0) is 0 Å². The molecule has 1 aliphatic heterocycles. The maximum atomic E-state index is 13.7. The van der Waals surface area contributed by atoms with Crippen LogP contribution in [0.2, 0.25) is 0 Å². The van der Waals surface area contributed by atoms with Gasteiger partial charge in [-0.1, -0.05) is 12.1 Å². The average Bonchev–Trinajstić information content (AvgIpc) is 3.36. The number of hydrogen-bond donors (Lipinski definition) is 2. The van der Waals surface area contributed by atoms with Gasteiger partial charge in [0.1, 0.15) is 17.3 Å². The number of aromatic nitrogens is 2. The van der Waals surface area contributed by atoms with E-state index in [1.165, 1.54) is 19.4 Å². The van der Waals surface area contributed by atoms with E-state index in [-0.39, 0.29) is 17.9 Å². The number of fused-ring (bicyclic) bond motifs is 1. The van der Waals surface area contributed by atoms with E-state index in [9.17, 15) is 18.0 Å². The molecule has 10 heteroatoms. The van der Waals surface area contributed by atoms with Gasteiger partial charge in [-0.25, -0.2) is 4.68 Å². The first-order valence-corrected chi connectivity index (χ1v) is 8.77. The minimum atomic E-state index is -4.54. The lowest BCUT2D eigenvalue weighted by Crippen LogP contribution is -2.35. The number of carbonyl (C=O) groups excluding carboxylic acids is 1. The van der Waals surface area contributed by atoms with Crippen LogP contribution in [0.1, 0.15) is 34.8 Å². The molecule has 0 spiro atoms. The van der Waals surface area contributed by atoms with Gasteiger partial charge >= 0.3 is 6.18 Å². The van der Waals surface area contributed by atoms with Crippen molar-refractivity contribution in [1.29, 1.82) is 0 Å². The van der Waals surface area contributed by atoms with Crippen LogP contribution in [-0.4, -0.2) is 29.0 Å². The molecule has 2 unspecified atom stereocenters. The maximum absolute atomic E-state index is 13.7. The van der Waals surface area contributed by atoms with Gasteiger partial charge in [0.2, 0.25) is 0 Å². The molecule has 2 aromatic heterocycles. The van der Waals surface area contributed by atoms with Crippen molar-refractivity contribution in [2.75, 3.05) is 17.7 Å². The molecule has 152 valence electrons. The van der Waals surface area contributed by atoms with E-state index >= 15 is 0 Å². The van der Waals surface area contributed by atoms with Crippen LogP contribution in [0.25, 0.3) is 0 Å². The van der Waals surface area contributed by atoms with Crippen molar-refractivity contribution in [3.63, 3.8) is 0 Å². The first kappa shape index (κ1) is 18.9. The van der Waals surface area contributed by atoms with Crippen LogP contribution >= 0.6 is 0 Å². The number of carbonyl (C=O) groups is 1. The van der Waals surface area contributed by atoms with E-state index in [1.807, 2.05) is 0 Å². The third-order valence-corrected chi connectivity index (χ3v) is 4.66. The van der Waals surface area contributed by atoms with Crippen molar-refractivity contribution in [3.8, 4) is 5.75 Å². The lowest BCUT2D eigenvalue weighted by molar-refractivity contribution is -0.174. The Bertz CT molecular complexity index is 1010. The van der Waals surface area contributed by atoms with Crippen molar-refractivity contribution < 1.29 is 27.1 Å². The summed E-state index contributed by atoms with van der Waals surface area (Å²) < 4.78 is 52.2. The second kappa shape index (κ2) is 7.19. The standard InChI is InChI=1S/C19H17F3N4O3/c1-28-14-6-3-2-5-11(14)24-18(27)13-10-17-23-12(15-7-4-8-29-15)9-16(19(20,21)22)26(17)25-13/h2-8,10,12,16,23H,9H2,1H3,(H,24,27). The number of benzene rings is 1. The molecule has 2 atom stereocenters. The van der Waals surface area contributed by atoms with Gasteiger partial charge in [0.05, 0.1) is 25.1 Å². The molecule has 4 rings (SSSR count). The number of para-hydroxylation sites is 2. The smallest absolute Gasteiger partial charge is 0.410 e. The third kappa shape index (κ3) is 3.65. The number of ether oxygens (including phenoxy) is 1. The Morgan fingerprint density at radius 2 is 2.10 bits per heavy atom. The molecule has 0 saturated heterocycles. The van der Waals surface area contributed by atoms with Crippen LogP contribution < -0.4 is 15.4 Å². The maximum Gasteiger partial charge on any atom is 0.410 e. The van der Waals surface area contributed by atoms with E-state index in [1.54, 1.807) is 36.4 Å². The molecule has 1 aromatic carbocycles. The molecule has 0 aliphatic carbocycles. The number of hydrogen-bond acceptors (Lipinski definition) is 5. The monoisotopic (exact) mass is 406 g/mol. The van der Waals surface area contributed by atoms with E-state index in [0.717, 1.165) is 4.68 Å². The number of methoxy groups -OCH3 is 1. The van der Waals surface area contributed by atoms with E-state index in [4.69, 9.17) is 9.15 Å². The molecule has 0 saturated carbocycles. The first-order valence-electron chi connectivity index (χ1n) is 8.77. The quantitative estimate of drug-likeness (QED) is 0.671. The van der Waals surface area contributed by atoms with Gasteiger partial charge in [0.25, 0.3) is 5.91 Å². The molecule has 0 radical (unpaired) electrons. The zero-order valence-corrected chi connectivity index (χ0v) is 15.2. The third-order valence-electron chi connectivity index (χ3n) is 4.66. The zero-order valence-electron chi connectivity index (χ0n) is 15.2. The largest absolute Gasteiger partial charge is 0.495 e. The van der Waals surface area contributed by atoms with Gasteiger partial charge in [-0.05, 0) is 24.3 Å². The van der Waals surface area contributed by atoms with Crippen LogP contribution in [0.5, 0.6) is 5.75 Å². The molecule has 1 aliphatic rings. The van der Waals surface area contributed by atoms with Gasteiger partial charge < -0.3 is 19.8 Å². The zero-order chi connectivity index (χ0) is 20.6. The predicted octanol–water partition coefficient (Wildman–Crippen LogP) is 4.40. The second-order valence-corrected chi connectivity index (χ2v) is 6.52. The SMILES string of the molecule is COc1ccccc1NC(=O)c1cc2n(n1)C(C(F)(F)F)CC(c1ccco1)N2. The highest BCUT2D eigenvalue weighted by molar-refractivity contribution is 6.04. The van der Waals surface area contributed by atoms with Crippen molar-refractivity contribution in [2.45, 2.75) is 24.7 Å². The van der Waals surface area contributed by atoms with E-state index in [2.05, 4.69) is 15.7 Å². The average molecular weight is 406 g/mol. The van der Waals surface area contributed by atoms with Crippen molar-refractivity contribution in [3.05, 3.63) is 60.2 Å². The summed E-state index contributed by atoms with van der Waals surface area (Å²) in [5, 5.41) is 9.49. The fourth-order valence-corrected chi connectivity index (χ4v) is 3.29.